The van der Waals surface area contributed by atoms with Gasteiger partial charge in [-0.25, -0.2) is 4.98 Å². The highest BCUT2D eigenvalue weighted by Crippen LogP contribution is 2.20. The van der Waals surface area contributed by atoms with Crippen LogP contribution in [0.3, 0.4) is 0 Å². The maximum absolute atomic E-state index is 8.57. The van der Waals surface area contributed by atoms with Crippen LogP contribution in [0.25, 0.3) is 0 Å². The highest BCUT2D eigenvalue weighted by Gasteiger charge is 2.08. The van der Waals surface area contributed by atoms with E-state index in [1.807, 2.05) is 13.0 Å². The summed E-state index contributed by atoms with van der Waals surface area (Å²) in [5, 5.41) is 8.57. The van der Waals surface area contributed by atoms with Crippen molar-refractivity contribution >= 4 is 21.7 Å². The van der Waals surface area contributed by atoms with Crippen LogP contribution in [0.4, 0.5) is 5.82 Å². The maximum Gasteiger partial charge on any atom is 0.131 e. The van der Waals surface area contributed by atoms with Crippen LogP contribution in [0.15, 0.2) is 16.7 Å². The fraction of sp³-hybridized carbons (Fsp3) is 0.455. The molecule has 0 N–H and O–H groups in total. The third-order valence-electron chi connectivity index (χ3n) is 2.19. The van der Waals surface area contributed by atoms with Gasteiger partial charge in [0, 0.05) is 23.8 Å². The van der Waals surface area contributed by atoms with Crippen LogP contribution in [-0.4, -0.2) is 18.1 Å². The molecule has 0 fully saturated rings. The summed E-state index contributed by atoms with van der Waals surface area (Å²) in [4.78, 5) is 6.49. The Bertz CT molecular complexity index is 371. The maximum atomic E-state index is 8.57. The number of nitrogens with zero attached hydrogens (tertiary/aromatic N) is 3. The van der Waals surface area contributed by atoms with Gasteiger partial charge in [0.05, 0.1) is 12.5 Å². The first-order valence-corrected chi connectivity index (χ1v) is 5.72. The van der Waals surface area contributed by atoms with E-state index in [0.717, 1.165) is 28.9 Å². The molecule has 0 saturated heterocycles. The fourth-order valence-corrected chi connectivity index (χ4v) is 1.91. The second-order valence-electron chi connectivity index (χ2n) is 3.28. The number of aromatic nitrogens is 1. The van der Waals surface area contributed by atoms with Gasteiger partial charge in [-0.15, -0.1) is 0 Å². The van der Waals surface area contributed by atoms with Crippen molar-refractivity contribution < 1.29 is 0 Å². The number of rotatable bonds is 4. The molecule has 1 aromatic rings. The smallest absolute Gasteiger partial charge is 0.131 e. The topological polar surface area (TPSA) is 39.9 Å². The normalized spacial score (nSPS) is 9.73. The van der Waals surface area contributed by atoms with Gasteiger partial charge in [-0.05, 0) is 41.4 Å². The Hall–Kier alpha value is -1.08. The molecule has 0 aliphatic carbocycles. The quantitative estimate of drug-likeness (QED) is 0.842. The van der Waals surface area contributed by atoms with Gasteiger partial charge < -0.3 is 4.90 Å². The second-order valence-corrected chi connectivity index (χ2v) is 4.20. The molecule has 0 aliphatic rings. The Kier molecular flexibility index (Phi) is 4.57. The largest absolute Gasteiger partial charge is 0.356 e. The van der Waals surface area contributed by atoms with Crippen molar-refractivity contribution in [2.45, 2.75) is 20.3 Å². The van der Waals surface area contributed by atoms with Crippen molar-refractivity contribution in [2.24, 2.45) is 0 Å². The molecule has 1 rings (SSSR count). The Labute approximate surface area is 98.9 Å². The third kappa shape index (κ3) is 3.21. The van der Waals surface area contributed by atoms with Crippen LogP contribution in [0.1, 0.15) is 18.9 Å². The SMILES string of the molecule is CCN(CCC#N)c1ncc(Br)cc1C. The molecule has 80 valence electrons. The van der Waals surface area contributed by atoms with E-state index in [2.05, 4.69) is 38.8 Å². The first-order chi connectivity index (χ1) is 7.19. The molecule has 0 atom stereocenters. The van der Waals surface area contributed by atoms with Crippen LogP contribution in [0.5, 0.6) is 0 Å². The zero-order chi connectivity index (χ0) is 11.3. The molecule has 0 aliphatic heterocycles. The van der Waals surface area contributed by atoms with Crippen LogP contribution in [-0.2, 0) is 0 Å². The minimum atomic E-state index is 0.533. The number of anilines is 1. The third-order valence-corrected chi connectivity index (χ3v) is 2.63. The highest BCUT2D eigenvalue weighted by molar-refractivity contribution is 9.10. The summed E-state index contributed by atoms with van der Waals surface area (Å²) in [7, 11) is 0. The van der Waals surface area contributed by atoms with Gasteiger partial charge in [-0.2, -0.15) is 5.26 Å². The lowest BCUT2D eigenvalue weighted by Crippen LogP contribution is -2.25. The summed E-state index contributed by atoms with van der Waals surface area (Å²) in [6.07, 6.45) is 2.32. The number of hydrogen-bond acceptors (Lipinski definition) is 3. The molecule has 0 radical (unpaired) electrons. The molecule has 0 spiro atoms. The van der Waals surface area contributed by atoms with Crippen LogP contribution in [0, 0.1) is 18.3 Å². The lowest BCUT2D eigenvalue weighted by Gasteiger charge is -2.22. The van der Waals surface area contributed by atoms with Gasteiger partial charge >= 0.3 is 0 Å². The van der Waals surface area contributed by atoms with Crippen molar-refractivity contribution in [3.8, 4) is 6.07 Å². The van der Waals surface area contributed by atoms with Crippen LogP contribution < -0.4 is 4.90 Å². The van der Waals surface area contributed by atoms with Gasteiger partial charge in [0.15, 0.2) is 0 Å². The Morgan fingerprint density at radius 2 is 2.33 bits per heavy atom. The molecule has 3 nitrogen and oxygen atoms in total. The number of halogens is 1. The summed E-state index contributed by atoms with van der Waals surface area (Å²) in [6.45, 7) is 5.71. The van der Waals surface area contributed by atoms with Gasteiger partial charge in [0.1, 0.15) is 5.82 Å². The van der Waals surface area contributed by atoms with E-state index in [9.17, 15) is 0 Å². The molecule has 0 bridgehead atoms. The van der Waals surface area contributed by atoms with Gasteiger partial charge in [0.25, 0.3) is 0 Å². The molecular weight excluding hydrogens is 254 g/mol. The van der Waals surface area contributed by atoms with Crippen molar-refractivity contribution in [1.29, 1.82) is 5.26 Å². The molecular formula is C11H14BrN3. The fourth-order valence-electron chi connectivity index (χ4n) is 1.46. The van der Waals surface area contributed by atoms with Crippen molar-refractivity contribution in [3.63, 3.8) is 0 Å². The Morgan fingerprint density at radius 3 is 2.87 bits per heavy atom. The van der Waals surface area contributed by atoms with E-state index in [4.69, 9.17) is 5.26 Å². The highest BCUT2D eigenvalue weighted by atomic mass is 79.9. The monoisotopic (exact) mass is 267 g/mol. The summed E-state index contributed by atoms with van der Waals surface area (Å²) in [5.74, 6) is 0.968. The van der Waals surface area contributed by atoms with Gasteiger partial charge in [0.2, 0.25) is 0 Å². The second kappa shape index (κ2) is 5.72. The molecule has 1 aromatic heterocycles. The lowest BCUT2D eigenvalue weighted by molar-refractivity contribution is 0.806. The summed E-state index contributed by atoms with van der Waals surface area (Å²) in [6, 6.07) is 4.19. The first-order valence-electron chi connectivity index (χ1n) is 4.93. The van der Waals surface area contributed by atoms with E-state index >= 15 is 0 Å². The van der Waals surface area contributed by atoms with Gasteiger partial charge in [-0.1, -0.05) is 0 Å². The molecule has 0 saturated carbocycles. The van der Waals surface area contributed by atoms with Crippen LogP contribution in [0.2, 0.25) is 0 Å². The molecule has 0 aromatic carbocycles. The van der Waals surface area contributed by atoms with E-state index in [-0.39, 0.29) is 0 Å². The number of aryl methyl sites for hydroxylation is 1. The summed E-state index contributed by atoms with van der Waals surface area (Å²) >= 11 is 3.39. The van der Waals surface area contributed by atoms with E-state index in [1.54, 1.807) is 6.20 Å². The van der Waals surface area contributed by atoms with Gasteiger partial charge in [-0.3, -0.25) is 0 Å². The molecule has 0 unspecified atom stereocenters. The zero-order valence-electron chi connectivity index (χ0n) is 9.00. The minimum Gasteiger partial charge on any atom is -0.356 e. The lowest BCUT2D eigenvalue weighted by atomic mass is 10.2. The number of hydrogen-bond donors (Lipinski definition) is 0. The van der Waals surface area contributed by atoms with Crippen molar-refractivity contribution in [2.75, 3.05) is 18.0 Å². The van der Waals surface area contributed by atoms with Crippen LogP contribution >= 0.6 is 15.9 Å². The van der Waals surface area contributed by atoms with E-state index in [1.165, 1.54) is 0 Å². The van der Waals surface area contributed by atoms with E-state index < -0.39 is 0 Å². The predicted octanol–water partition coefficient (Wildman–Crippen LogP) is 2.89. The average Bonchev–Trinajstić information content (AvgIpc) is 2.21. The van der Waals surface area contributed by atoms with Crippen molar-refractivity contribution in [3.05, 3.63) is 22.3 Å². The average molecular weight is 268 g/mol. The molecule has 15 heavy (non-hydrogen) atoms. The standard InChI is InChI=1S/C11H14BrN3/c1-3-15(6-4-5-13)11-9(2)7-10(12)8-14-11/h7-8H,3-4,6H2,1-2H3. The molecule has 0 amide bonds. The molecule has 4 heteroatoms. The Morgan fingerprint density at radius 1 is 1.60 bits per heavy atom. The zero-order valence-corrected chi connectivity index (χ0v) is 10.6. The Balaban J connectivity index is 2.87. The molecule has 1 heterocycles. The van der Waals surface area contributed by atoms with Crippen molar-refractivity contribution in [1.82, 2.24) is 4.98 Å². The van der Waals surface area contributed by atoms with E-state index in [0.29, 0.717) is 6.42 Å². The summed E-state index contributed by atoms with van der Waals surface area (Å²) < 4.78 is 0.986. The first kappa shape index (κ1) is 12.0. The number of pyridine rings is 1. The number of nitriles is 1. The predicted molar refractivity (Wildman–Crippen MR) is 64.8 cm³/mol. The summed E-state index contributed by atoms with van der Waals surface area (Å²) in [5.41, 5.74) is 1.13. The minimum absolute atomic E-state index is 0.533.